The molecule has 1 amide bonds. The zero-order valence-corrected chi connectivity index (χ0v) is 8.84. The maximum Gasteiger partial charge on any atom is 0.269 e. The first-order valence-electron chi connectivity index (χ1n) is 4.77. The van der Waals surface area contributed by atoms with E-state index < -0.39 is 11.0 Å². The highest BCUT2D eigenvalue weighted by molar-refractivity contribution is 5.80. The molecule has 0 saturated heterocycles. The van der Waals surface area contributed by atoms with E-state index in [1.165, 1.54) is 12.1 Å². The fraction of sp³-hybridized carbons (Fsp3) is 0.300. The van der Waals surface area contributed by atoms with Crippen molar-refractivity contribution in [3.63, 3.8) is 0 Å². The van der Waals surface area contributed by atoms with E-state index in [0.717, 1.165) is 0 Å². The first-order valence-corrected chi connectivity index (χ1v) is 4.77. The van der Waals surface area contributed by atoms with E-state index in [1.807, 2.05) is 0 Å². The highest BCUT2D eigenvalue weighted by atomic mass is 16.6. The molecule has 6 nitrogen and oxygen atoms in total. The second-order valence-corrected chi connectivity index (χ2v) is 3.43. The summed E-state index contributed by atoms with van der Waals surface area (Å²) in [6.45, 7) is 1.81. The minimum Gasteiger partial charge on any atom is -0.351 e. The molecule has 0 unspecified atom stereocenters. The number of rotatable bonds is 4. The number of carbonyl (C=O) groups is 1. The van der Waals surface area contributed by atoms with Crippen LogP contribution < -0.4 is 11.1 Å². The Morgan fingerprint density at radius 1 is 1.62 bits per heavy atom. The minimum atomic E-state index is -0.585. The molecule has 86 valence electrons. The molecular formula is C10H13N3O3. The third-order valence-electron chi connectivity index (χ3n) is 2.00. The molecule has 0 aliphatic rings. The van der Waals surface area contributed by atoms with Gasteiger partial charge in [-0.2, -0.15) is 0 Å². The Kier molecular flexibility index (Phi) is 3.96. The first-order chi connectivity index (χ1) is 7.50. The minimum absolute atomic E-state index is 0.00699. The number of nitro benzene ring substituents is 1. The molecule has 0 fully saturated rings. The summed E-state index contributed by atoms with van der Waals surface area (Å²) in [5.74, 6) is -0.286. The molecule has 1 aromatic rings. The number of nitro groups is 1. The summed E-state index contributed by atoms with van der Waals surface area (Å²) in [4.78, 5) is 21.2. The van der Waals surface area contributed by atoms with Crippen LogP contribution in [0.25, 0.3) is 0 Å². The van der Waals surface area contributed by atoms with Crippen molar-refractivity contribution in [2.24, 2.45) is 5.73 Å². The summed E-state index contributed by atoms with van der Waals surface area (Å²) < 4.78 is 0. The van der Waals surface area contributed by atoms with Crippen LogP contribution in [0.4, 0.5) is 5.69 Å². The van der Waals surface area contributed by atoms with E-state index in [1.54, 1.807) is 19.1 Å². The third-order valence-corrected chi connectivity index (χ3v) is 2.00. The van der Waals surface area contributed by atoms with E-state index >= 15 is 0 Å². The van der Waals surface area contributed by atoms with Gasteiger partial charge in [-0.1, -0.05) is 12.1 Å². The van der Waals surface area contributed by atoms with Crippen LogP contribution in [0, 0.1) is 10.1 Å². The van der Waals surface area contributed by atoms with Gasteiger partial charge in [0.2, 0.25) is 5.91 Å². The fourth-order valence-electron chi connectivity index (χ4n) is 1.13. The molecule has 1 atom stereocenters. The molecule has 1 aromatic carbocycles. The van der Waals surface area contributed by atoms with Crippen LogP contribution in [0.5, 0.6) is 0 Å². The van der Waals surface area contributed by atoms with Crippen molar-refractivity contribution < 1.29 is 9.72 Å². The molecular weight excluding hydrogens is 210 g/mol. The van der Waals surface area contributed by atoms with Crippen LogP contribution in [-0.2, 0) is 11.3 Å². The quantitative estimate of drug-likeness (QED) is 0.575. The molecule has 6 heteroatoms. The molecule has 0 bridgehead atoms. The van der Waals surface area contributed by atoms with E-state index in [9.17, 15) is 14.9 Å². The summed E-state index contributed by atoms with van der Waals surface area (Å²) in [5, 5.41) is 13.1. The zero-order valence-electron chi connectivity index (χ0n) is 8.84. The van der Waals surface area contributed by atoms with Crippen molar-refractivity contribution in [3.05, 3.63) is 39.9 Å². The largest absolute Gasteiger partial charge is 0.351 e. The predicted octanol–water partition coefficient (Wildman–Crippen LogP) is 0.558. The maximum atomic E-state index is 11.2. The third kappa shape index (κ3) is 3.32. The highest BCUT2D eigenvalue weighted by Crippen LogP contribution is 2.12. The van der Waals surface area contributed by atoms with Gasteiger partial charge in [-0.05, 0) is 12.5 Å². The number of benzene rings is 1. The molecule has 0 aliphatic heterocycles. The van der Waals surface area contributed by atoms with Gasteiger partial charge in [0.1, 0.15) is 0 Å². The Labute approximate surface area is 92.6 Å². The summed E-state index contributed by atoms with van der Waals surface area (Å²) in [6, 6.07) is 5.51. The number of nitrogens with one attached hydrogen (secondary N) is 1. The number of non-ortho nitro benzene ring substituents is 1. The Morgan fingerprint density at radius 3 is 2.88 bits per heavy atom. The maximum absolute atomic E-state index is 11.2. The summed E-state index contributed by atoms with van der Waals surface area (Å²) in [6.07, 6.45) is 0. The molecule has 0 saturated carbocycles. The molecule has 0 radical (unpaired) electrons. The summed E-state index contributed by atoms with van der Waals surface area (Å²) in [5.41, 5.74) is 6.03. The Bertz CT molecular complexity index is 404. The predicted molar refractivity (Wildman–Crippen MR) is 58.6 cm³/mol. The van der Waals surface area contributed by atoms with Crippen LogP contribution >= 0.6 is 0 Å². The normalized spacial score (nSPS) is 11.9. The molecule has 0 aromatic heterocycles. The molecule has 1 rings (SSSR count). The van der Waals surface area contributed by atoms with Crippen LogP contribution in [-0.4, -0.2) is 16.9 Å². The topological polar surface area (TPSA) is 98.3 Å². The van der Waals surface area contributed by atoms with Gasteiger partial charge in [-0.3, -0.25) is 14.9 Å². The van der Waals surface area contributed by atoms with E-state index in [2.05, 4.69) is 5.32 Å². The number of hydrogen-bond acceptors (Lipinski definition) is 4. The van der Waals surface area contributed by atoms with Gasteiger partial charge >= 0.3 is 0 Å². The SMILES string of the molecule is C[C@H](N)C(=O)NCc1cccc([N+](=O)[O-])c1. The second-order valence-electron chi connectivity index (χ2n) is 3.43. The van der Waals surface area contributed by atoms with E-state index in [4.69, 9.17) is 5.73 Å². The van der Waals surface area contributed by atoms with Gasteiger partial charge < -0.3 is 11.1 Å². The van der Waals surface area contributed by atoms with Crippen molar-refractivity contribution in [1.29, 1.82) is 0 Å². The van der Waals surface area contributed by atoms with Crippen molar-refractivity contribution in [3.8, 4) is 0 Å². The van der Waals surface area contributed by atoms with Crippen LogP contribution in [0.2, 0.25) is 0 Å². The lowest BCUT2D eigenvalue weighted by atomic mass is 10.2. The Hall–Kier alpha value is -1.95. The Balaban J connectivity index is 2.64. The number of amides is 1. The average molecular weight is 223 g/mol. The molecule has 0 spiro atoms. The van der Waals surface area contributed by atoms with Gasteiger partial charge in [-0.15, -0.1) is 0 Å². The van der Waals surface area contributed by atoms with Gasteiger partial charge in [-0.25, -0.2) is 0 Å². The highest BCUT2D eigenvalue weighted by Gasteiger charge is 2.08. The van der Waals surface area contributed by atoms with Gasteiger partial charge in [0.25, 0.3) is 5.69 Å². The van der Waals surface area contributed by atoms with Gasteiger partial charge in [0.15, 0.2) is 0 Å². The number of carbonyl (C=O) groups excluding carboxylic acids is 1. The van der Waals surface area contributed by atoms with Crippen molar-refractivity contribution >= 4 is 11.6 Å². The first kappa shape index (κ1) is 12.1. The molecule has 3 N–H and O–H groups in total. The molecule has 0 heterocycles. The van der Waals surface area contributed by atoms with Crippen molar-refractivity contribution in [1.82, 2.24) is 5.32 Å². The molecule has 0 aliphatic carbocycles. The Morgan fingerprint density at radius 2 is 2.31 bits per heavy atom. The number of hydrogen-bond donors (Lipinski definition) is 2. The van der Waals surface area contributed by atoms with Crippen LogP contribution in [0.15, 0.2) is 24.3 Å². The van der Waals surface area contributed by atoms with Crippen LogP contribution in [0.3, 0.4) is 0 Å². The smallest absolute Gasteiger partial charge is 0.269 e. The summed E-state index contributed by atoms with van der Waals surface area (Å²) >= 11 is 0. The molecule has 16 heavy (non-hydrogen) atoms. The number of nitrogens with two attached hydrogens (primary N) is 1. The lowest BCUT2D eigenvalue weighted by Gasteiger charge is -2.07. The van der Waals surface area contributed by atoms with E-state index in [0.29, 0.717) is 5.56 Å². The van der Waals surface area contributed by atoms with Crippen molar-refractivity contribution in [2.45, 2.75) is 19.5 Å². The average Bonchev–Trinajstić information content (AvgIpc) is 2.26. The standard InChI is InChI=1S/C10H13N3O3/c1-7(11)10(14)12-6-8-3-2-4-9(5-8)13(15)16/h2-5,7H,6,11H2,1H3,(H,12,14)/t7-/m0/s1. The van der Waals surface area contributed by atoms with E-state index in [-0.39, 0.29) is 18.1 Å². The zero-order chi connectivity index (χ0) is 12.1. The monoisotopic (exact) mass is 223 g/mol. The summed E-state index contributed by atoms with van der Waals surface area (Å²) in [7, 11) is 0. The fourth-order valence-corrected chi connectivity index (χ4v) is 1.13. The second kappa shape index (κ2) is 5.22. The number of nitrogens with zero attached hydrogens (tertiary/aromatic N) is 1. The van der Waals surface area contributed by atoms with Gasteiger partial charge in [0.05, 0.1) is 11.0 Å². The van der Waals surface area contributed by atoms with Crippen LogP contribution in [0.1, 0.15) is 12.5 Å². The van der Waals surface area contributed by atoms with Crippen molar-refractivity contribution in [2.75, 3.05) is 0 Å². The lowest BCUT2D eigenvalue weighted by molar-refractivity contribution is -0.384. The van der Waals surface area contributed by atoms with Gasteiger partial charge in [0, 0.05) is 18.7 Å². The lowest BCUT2D eigenvalue weighted by Crippen LogP contribution is -2.37.